The molecule has 9 heteroatoms. The van der Waals surface area contributed by atoms with Gasteiger partial charge in [-0.15, -0.1) is 0 Å². The Morgan fingerprint density at radius 2 is 1.42 bits per heavy atom. The van der Waals surface area contributed by atoms with E-state index in [4.69, 9.17) is 21.3 Å². The second kappa shape index (κ2) is 12.0. The van der Waals surface area contributed by atoms with E-state index in [-0.39, 0.29) is 0 Å². The number of nitrogens with one attached hydrogen (secondary N) is 1. The zero-order valence-electron chi connectivity index (χ0n) is 20.4. The van der Waals surface area contributed by atoms with Crippen molar-refractivity contribution in [3.05, 3.63) is 64.7 Å². The van der Waals surface area contributed by atoms with Crippen molar-refractivity contribution >= 4 is 35.7 Å². The van der Waals surface area contributed by atoms with Gasteiger partial charge < -0.3 is 14.5 Å². The summed E-state index contributed by atoms with van der Waals surface area (Å²) in [5.74, 6) is 2.72. The Morgan fingerprint density at radius 3 is 2.03 bits per heavy atom. The van der Waals surface area contributed by atoms with Gasteiger partial charge in [0.2, 0.25) is 17.8 Å². The van der Waals surface area contributed by atoms with E-state index in [1.165, 1.54) is 38.5 Å². The Hall–Kier alpha value is -3.39. The summed E-state index contributed by atoms with van der Waals surface area (Å²) in [7, 11) is 0. The van der Waals surface area contributed by atoms with Crippen LogP contribution >= 0.6 is 11.6 Å². The number of rotatable bonds is 8. The highest BCUT2D eigenvalue weighted by Gasteiger charge is 2.20. The highest BCUT2D eigenvalue weighted by atomic mass is 35.5. The Bertz CT molecular complexity index is 1120. The molecule has 2 aliphatic heterocycles. The predicted octanol–water partition coefficient (Wildman–Crippen LogP) is 5.53. The number of aromatic nitrogens is 3. The Kier molecular flexibility index (Phi) is 8.13. The highest BCUT2D eigenvalue weighted by molar-refractivity contribution is 6.31. The van der Waals surface area contributed by atoms with Crippen LogP contribution in [0.2, 0.25) is 5.02 Å². The maximum absolute atomic E-state index is 6.21. The maximum atomic E-state index is 6.21. The van der Waals surface area contributed by atoms with Gasteiger partial charge in [-0.05, 0) is 74.4 Å². The molecule has 5 rings (SSSR count). The second-order valence-electron chi connectivity index (χ2n) is 9.17. The standard InChI is InChI=1S/C27H32ClN7O/c28-24-10-4-3-9-22(24)20-36-23-13-11-21(12-14-23)19-29-33-25-30-26(34-15-5-1-6-16-34)32-27(31-25)35-17-7-2-8-18-35/h3-4,9-14,19H,1-2,5-8,15-18,20H2,(H,30,31,32,33)/b29-19+. The van der Waals surface area contributed by atoms with Gasteiger partial charge in [-0.2, -0.15) is 20.1 Å². The molecule has 188 valence electrons. The molecule has 1 aromatic heterocycles. The van der Waals surface area contributed by atoms with E-state index >= 15 is 0 Å². The molecule has 2 fully saturated rings. The van der Waals surface area contributed by atoms with E-state index in [9.17, 15) is 0 Å². The first-order valence-corrected chi connectivity index (χ1v) is 13.1. The summed E-state index contributed by atoms with van der Waals surface area (Å²) < 4.78 is 5.86. The van der Waals surface area contributed by atoms with Crippen molar-refractivity contribution in [1.82, 2.24) is 15.0 Å². The SMILES string of the molecule is Clc1ccccc1COc1ccc(/C=N/Nc2nc(N3CCCCC3)nc(N3CCCCC3)n2)cc1. The van der Waals surface area contributed by atoms with Crippen LogP contribution in [0.4, 0.5) is 17.8 Å². The first-order valence-electron chi connectivity index (χ1n) is 12.8. The van der Waals surface area contributed by atoms with Crippen LogP contribution in [-0.2, 0) is 6.61 Å². The molecular weight excluding hydrogens is 474 g/mol. The summed E-state index contributed by atoms with van der Waals surface area (Å²) in [5.41, 5.74) is 4.92. The first-order chi connectivity index (χ1) is 17.7. The van der Waals surface area contributed by atoms with E-state index in [0.29, 0.717) is 17.6 Å². The second-order valence-corrected chi connectivity index (χ2v) is 9.58. The predicted molar refractivity (Wildman–Crippen MR) is 145 cm³/mol. The van der Waals surface area contributed by atoms with Gasteiger partial charge in [0.25, 0.3) is 0 Å². The van der Waals surface area contributed by atoms with E-state index in [0.717, 1.165) is 55.0 Å². The third-order valence-electron chi connectivity index (χ3n) is 6.50. The van der Waals surface area contributed by atoms with Gasteiger partial charge in [-0.3, -0.25) is 0 Å². The molecule has 2 saturated heterocycles. The fraction of sp³-hybridized carbons (Fsp3) is 0.407. The highest BCUT2D eigenvalue weighted by Crippen LogP contribution is 2.23. The molecule has 0 saturated carbocycles. The lowest BCUT2D eigenvalue weighted by Crippen LogP contribution is -2.34. The number of piperidine rings is 2. The van der Waals surface area contributed by atoms with Crippen molar-refractivity contribution in [2.45, 2.75) is 45.1 Å². The van der Waals surface area contributed by atoms with Crippen molar-refractivity contribution in [3.8, 4) is 5.75 Å². The van der Waals surface area contributed by atoms with Crippen LogP contribution < -0.4 is 20.0 Å². The van der Waals surface area contributed by atoms with Crippen LogP contribution in [0.1, 0.15) is 49.7 Å². The zero-order chi connectivity index (χ0) is 24.6. The summed E-state index contributed by atoms with van der Waals surface area (Å²) in [6, 6.07) is 15.4. The minimum absolute atomic E-state index is 0.423. The van der Waals surface area contributed by atoms with Crippen molar-refractivity contribution in [1.29, 1.82) is 0 Å². The minimum Gasteiger partial charge on any atom is -0.489 e. The number of hydrogen-bond donors (Lipinski definition) is 1. The summed E-state index contributed by atoms with van der Waals surface area (Å²) in [5, 5.41) is 5.10. The van der Waals surface area contributed by atoms with Gasteiger partial charge in [0.1, 0.15) is 12.4 Å². The normalized spacial score (nSPS) is 16.4. The minimum atomic E-state index is 0.423. The average molecular weight is 506 g/mol. The number of anilines is 3. The van der Waals surface area contributed by atoms with Crippen molar-refractivity contribution in [3.63, 3.8) is 0 Å². The Labute approximate surface area is 217 Å². The average Bonchev–Trinajstić information content (AvgIpc) is 2.94. The van der Waals surface area contributed by atoms with Crippen molar-refractivity contribution in [2.24, 2.45) is 5.10 Å². The van der Waals surface area contributed by atoms with E-state index in [1.54, 1.807) is 6.21 Å². The summed E-state index contributed by atoms with van der Waals surface area (Å²) in [6.07, 6.45) is 8.96. The molecule has 0 amide bonds. The van der Waals surface area contributed by atoms with Crippen molar-refractivity contribution < 1.29 is 4.74 Å². The molecule has 1 N–H and O–H groups in total. The zero-order valence-corrected chi connectivity index (χ0v) is 21.2. The van der Waals surface area contributed by atoms with Gasteiger partial charge in [0.05, 0.1) is 6.21 Å². The van der Waals surface area contributed by atoms with Crippen LogP contribution in [0, 0.1) is 0 Å². The molecule has 0 radical (unpaired) electrons. The molecule has 8 nitrogen and oxygen atoms in total. The molecule has 36 heavy (non-hydrogen) atoms. The van der Waals surface area contributed by atoms with E-state index < -0.39 is 0 Å². The van der Waals surface area contributed by atoms with Gasteiger partial charge >= 0.3 is 0 Å². The van der Waals surface area contributed by atoms with Crippen LogP contribution in [-0.4, -0.2) is 47.3 Å². The van der Waals surface area contributed by atoms with Crippen LogP contribution in [0.15, 0.2) is 53.6 Å². The number of ether oxygens (including phenoxy) is 1. The molecule has 0 spiro atoms. The molecule has 3 heterocycles. The van der Waals surface area contributed by atoms with Crippen LogP contribution in [0.25, 0.3) is 0 Å². The number of nitrogens with zero attached hydrogens (tertiary/aromatic N) is 6. The molecule has 2 aliphatic rings. The van der Waals surface area contributed by atoms with Crippen LogP contribution in [0.3, 0.4) is 0 Å². The van der Waals surface area contributed by atoms with Gasteiger partial charge in [0.15, 0.2) is 0 Å². The molecule has 0 bridgehead atoms. The summed E-state index contributed by atoms with van der Waals surface area (Å²) in [6.45, 7) is 4.36. The molecule has 0 aliphatic carbocycles. The number of benzene rings is 2. The smallest absolute Gasteiger partial charge is 0.250 e. The number of hydrazone groups is 1. The van der Waals surface area contributed by atoms with E-state index in [2.05, 4.69) is 30.3 Å². The summed E-state index contributed by atoms with van der Waals surface area (Å²) in [4.78, 5) is 18.7. The molecule has 3 aromatic rings. The van der Waals surface area contributed by atoms with Gasteiger partial charge in [-0.1, -0.05) is 29.8 Å². The lowest BCUT2D eigenvalue weighted by Gasteiger charge is -2.30. The third-order valence-corrected chi connectivity index (χ3v) is 6.87. The first kappa shape index (κ1) is 24.3. The fourth-order valence-corrected chi connectivity index (χ4v) is 4.66. The lowest BCUT2D eigenvalue weighted by molar-refractivity contribution is 0.306. The van der Waals surface area contributed by atoms with Gasteiger partial charge in [-0.25, -0.2) is 5.43 Å². The quantitative estimate of drug-likeness (QED) is 0.318. The monoisotopic (exact) mass is 505 g/mol. The molecule has 0 unspecified atom stereocenters. The number of hydrogen-bond acceptors (Lipinski definition) is 8. The molecule has 0 atom stereocenters. The Morgan fingerprint density at radius 1 is 0.806 bits per heavy atom. The topological polar surface area (TPSA) is 78.8 Å². The largest absolute Gasteiger partial charge is 0.489 e. The molecule has 2 aromatic carbocycles. The number of halogens is 1. The van der Waals surface area contributed by atoms with Crippen LogP contribution in [0.5, 0.6) is 5.75 Å². The lowest BCUT2D eigenvalue weighted by atomic mass is 10.1. The maximum Gasteiger partial charge on any atom is 0.250 e. The summed E-state index contributed by atoms with van der Waals surface area (Å²) >= 11 is 6.21. The fourth-order valence-electron chi connectivity index (χ4n) is 4.47. The third kappa shape index (κ3) is 6.43. The van der Waals surface area contributed by atoms with E-state index in [1.807, 2.05) is 48.5 Å². The van der Waals surface area contributed by atoms with Gasteiger partial charge in [0, 0.05) is 36.8 Å². The van der Waals surface area contributed by atoms with Crippen molar-refractivity contribution in [2.75, 3.05) is 41.4 Å². The Balaban J connectivity index is 1.24. The molecular formula is C27H32ClN7O.